The summed E-state index contributed by atoms with van der Waals surface area (Å²) in [6.45, 7) is 4.78. The maximum atomic E-state index is 6.20. The lowest BCUT2D eigenvalue weighted by molar-refractivity contribution is 0.416. The third-order valence-corrected chi connectivity index (χ3v) is 3.33. The second-order valence-electron chi connectivity index (χ2n) is 3.68. The van der Waals surface area contributed by atoms with E-state index >= 15 is 0 Å². The van der Waals surface area contributed by atoms with Gasteiger partial charge >= 0.3 is 0 Å². The van der Waals surface area contributed by atoms with Crippen LogP contribution in [0.15, 0.2) is 6.07 Å². The number of methoxy groups -OCH3 is 1. The molecule has 0 unspecified atom stereocenters. The number of ether oxygens (including phenoxy) is 1. The van der Waals surface area contributed by atoms with Crippen molar-refractivity contribution in [3.63, 3.8) is 0 Å². The molecule has 0 spiro atoms. The number of benzene rings is 1. The summed E-state index contributed by atoms with van der Waals surface area (Å²) < 4.78 is 5.34. The number of hydrogen-bond donors (Lipinski definition) is 1. The van der Waals surface area contributed by atoms with Crippen molar-refractivity contribution >= 4 is 28.9 Å². The smallest absolute Gasteiger partial charge is 0.142 e. The molecule has 0 aliphatic carbocycles. The summed E-state index contributed by atoms with van der Waals surface area (Å²) in [5, 5.41) is 4.09. The Hall–Kier alpha value is -0.600. The lowest BCUT2D eigenvalue weighted by atomic mass is 10.1. The molecule has 90 valence electrons. The maximum absolute atomic E-state index is 6.20. The summed E-state index contributed by atoms with van der Waals surface area (Å²) in [6.07, 6.45) is 0.912. The lowest BCUT2D eigenvalue weighted by Gasteiger charge is -2.16. The first-order valence-electron chi connectivity index (χ1n) is 5.25. The lowest BCUT2D eigenvalue weighted by Crippen LogP contribution is -2.06. The van der Waals surface area contributed by atoms with E-state index in [2.05, 4.69) is 5.32 Å². The minimum atomic E-state index is 0.647. The van der Waals surface area contributed by atoms with Gasteiger partial charge in [-0.15, -0.1) is 11.6 Å². The van der Waals surface area contributed by atoms with Crippen LogP contribution in [0.25, 0.3) is 0 Å². The van der Waals surface area contributed by atoms with E-state index in [0.29, 0.717) is 5.88 Å². The van der Waals surface area contributed by atoms with Crippen LogP contribution in [-0.2, 0) is 0 Å². The minimum absolute atomic E-state index is 0.647. The molecule has 0 bridgehead atoms. The second kappa shape index (κ2) is 6.21. The Morgan fingerprint density at radius 2 is 2.06 bits per heavy atom. The highest BCUT2D eigenvalue weighted by atomic mass is 35.5. The molecule has 0 heterocycles. The SMILES string of the molecule is COc1cc(C)c(Cl)c(C)c1NCCCCl. The molecule has 1 N–H and O–H groups in total. The van der Waals surface area contributed by atoms with Crippen LogP contribution in [0, 0.1) is 13.8 Å². The predicted molar refractivity (Wildman–Crippen MR) is 71.3 cm³/mol. The van der Waals surface area contributed by atoms with Crippen LogP contribution in [0.1, 0.15) is 17.5 Å². The summed E-state index contributed by atoms with van der Waals surface area (Å²) in [5.74, 6) is 1.47. The van der Waals surface area contributed by atoms with Gasteiger partial charge in [0.1, 0.15) is 5.75 Å². The van der Waals surface area contributed by atoms with E-state index in [1.54, 1.807) is 7.11 Å². The van der Waals surface area contributed by atoms with Crippen molar-refractivity contribution in [1.29, 1.82) is 0 Å². The molecule has 4 heteroatoms. The molecule has 0 saturated carbocycles. The zero-order valence-corrected chi connectivity index (χ0v) is 11.4. The van der Waals surface area contributed by atoms with Gasteiger partial charge in [-0.05, 0) is 37.5 Å². The summed E-state index contributed by atoms with van der Waals surface area (Å²) >= 11 is 11.8. The van der Waals surface area contributed by atoms with Gasteiger partial charge in [0, 0.05) is 17.4 Å². The van der Waals surface area contributed by atoms with Gasteiger partial charge in [-0.1, -0.05) is 11.6 Å². The van der Waals surface area contributed by atoms with Crippen LogP contribution < -0.4 is 10.1 Å². The van der Waals surface area contributed by atoms with Gasteiger partial charge in [0.2, 0.25) is 0 Å². The highest BCUT2D eigenvalue weighted by Crippen LogP contribution is 2.35. The molecule has 1 rings (SSSR count). The molecule has 0 aliphatic rings. The van der Waals surface area contributed by atoms with Crippen molar-refractivity contribution in [1.82, 2.24) is 0 Å². The standard InChI is InChI=1S/C12H17Cl2NO/c1-8-7-10(16-3)12(9(2)11(8)14)15-6-4-5-13/h7,15H,4-6H2,1-3H3. The third-order valence-electron chi connectivity index (χ3n) is 2.48. The molecule has 2 nitrogen and oxygen atoms in total. The van der Waals surface area contributed by atoms with Crippen LogP contribution in [0.2, 0.25) is 5.02 Å². The van der Waals surface area contributed by atoms with Crippen LogP contribution in [0.5, 0.6) is 5.75 Å². The van der Waals surface area contributed by atoms with Gasteiger partial charge in [0.25, 0.3) is 0 Å². The molecule has 0 aliphatic heterocycles. The summed E-state index contributed by atoms with van der Waals surface area (Å²) in [7, 11) is 1.66. The Labute approximate surface area is 107 Å². The average Bonchev–Trinajstić information content (AvgIpc) is 2.29. The highest BCUT2D eigenvalue weighted by molar-refractivity contribution is 6.32. The summed E-state index contributed by atoms with van der Waals surface area (Å²) in [6, 6.07) is 1.94. The predicted octanol–water partition coefficient (Wildman–Crippen LogP) is 4.01. The molecule has 0 radical (unpaired) electrons. The maximum Gasteiger partial charge on any atom is 0.142 e. The van der Waals surface area contributed by atoms with Gasteiger partial charge in [-0.3, -0.25) is 0 Å². The largest absolute Gasteiger partial charge is 0.495 e. The van der Waals surface area contributed by atoms with Crippen LogP contribution in [0.3, 0.4) is 0 Å². The summed E-state index contributed by atoms with van der Waals surface area (Å²) in [5.41, 5.74) is 3.01. The van der Waals surface area contributed by atoms with E-state index in [1.165, 1.54) is 0 Å². The topological polar surface area (TPSA) is 21.3 Å². The van der Waals surface area contributed by atoms with Crippen molar-refractivity contribution < 1.29 is 4.74 Å². The fourth-order valence-corrected chi connectivity index (χ4v) is 1.87. The molecule has 0 fully saturated rings. The van der Waals surface area contributed by atoms with E-state index in [9.17, 15) is 0 Å². The molecular weight excluding hydrogens is 245 g/mol. The Bertz CT molecular complexity index is 367. The zero-order chi connectivity index (χ0) is 12.1. The normalized spacial score (nSPS) is 10.3. The Balaban J connectivity index is 3.00. The molecule has 0 aromatic heterocycles. The number of hydrogen-bond acceptors (Lipinski definition) is 2. The van der Waals surface area contributed by atoms with Crippen molar-refractivity contribution in [3.8, 4) is 5.75 Å². The van der Waals surface area contributed by atoms with Crippen molar-refractivity contribution in [3.05, 3.63) is 22.2 Å². The molecule has 1 aromatic carbocycles. The van der Waals surface area contributed by atoms with E-state index in [1.807, 2.05) is 19.9 Å². The number of anilines is 1. The molecule has 0 atom stereocenters. The molecule has 0 saturated heterocycles. The first kappa shape index (κ1) is 13.5. The number of aryl methyl sites for hydroxylation is 1. The highest BCUT2D eigenvalue weighted by Gasteiger charge is 2.11. The third kappa shape index (κ3) is 2.96. The monoisotopic (exact) mass is 261 g/mol. The first-order chi connectivity index (χ1) is 7.61. The van der Waals surface area contributed by atoms with E-state index < -0.39 is 0 Å². The van der Waals surface area contributed by atoms with Gasteiger partial charge in [0.15, 0.2) is 0 Å². The fourth-order valence-electron chi connectivity index (χ4n) is 1.58. The second-order valence-corrected chi connectivity index (χ2v) is 4.43. The number of rotatable bonds is 5. The summed E-state index contributed by atoms with van der Waals surface area (Å²) in [4.78, 5) is 0. The van der Waals surface area contributed by atoms with Gasteiger partial charge in [-0.25, -0.2) is 0 Å². The minimum Gasteiger partial charge on any atom is -0.495 e. The van der Waals surface area contributed by atoms with Crippen molar-refractivity contribution in [2.75, 3.05) is 24.9 Å². The Kier molecular flexibility index (Phi) is 5.23. The van der Waals surface area contributed by atoms with E-state index in [4.69, 9.17) is 27.9 Å². The number of alkyl halides is 1. The van der Waals surface area contributed by atoms with E-state index in [0.717, 1.165) is 40.6 Å². The van der Waals surface area contributed by atoms with Gasteiger partial charge < -0.3 is 10.1 Å². The fraction of sp³-hybridized carbons (Fsp3) is 0.500. The van der Waals surface area contributed by atoms with Crippen LogP contribution in [-0.4, -0.2) is 19.5 Å². The van der Waals surface area contributed by atoms with Gasteiger partial charge in [0.05, 0.1) is 12.8 Å². The molecular formula is C12H17Cl2NO. The Morgan fingerprint density at radius 1 is 1.38 bits per heavy atom. The van der Waals surface area contributed by atoms with E-state index in [-0.39, 0.29) is 0 Å². The molecule has 16 heavy (non-hydrogen) atoms. The molecule has 0 amide bonds. The average molecular weight is 262 g/mol. The number of nitrogens with one attached hydrogen (secondary N) is 1. The van der Waals surface area contributed by atoms with Crippen molar-refractivity contribution in [2.45, 2.75) is 20.3 Å². The Morgan fingerprint density at radius 3 is 2.62 bits per heavy atom. The van der Waals surface area contributed by atoms with Gasteiger partial charge in [-0.2, -0.15) is 0 Å². The van der Waals surface area contributed by atoms with Crippen molar-refractivity contribution in [2.24, 2.45) is 0 Å². The molecule has 1 aromatic rings. The van der Waals surface area contributed by atoms with Crippen LogP contribution in [0.4, 0.5) is 5.69 Å². The first-order valence-corrected chi connectivity index (χ1v) is 6.16. The number of halogens is 2. The quantitative estimate of drug-likeness (QED) is 0.639. The zero-order valence-electron chi connectivity index (χ0n) is 9.86. The van der Waals surface area contributed by atoms with Crippen LogP contribution >= 0.6 is 23.2 Å².